The van der Waals surface area contributed by atoms with E-state index in [0.717, 1.165) is 13.4 Å². The molecule has 0 aliphatic rings. The van der Waals surface area contributed by atoms with Gasteiger partial charge in [0.25, 0.3) is 0 Å². The lowest BCUT2D eigenvalue weighted by Gasteiger charge is -1.86. The molecule has 0 saturated carbocycles. The number of hydrogen-bond acceptors (Lipinski definition) is 5. The van der Waals surface area contributed by atoms with Crippen LogP contribution in [0.1, 0.15) is 0 Å². The molecule has 2 aromatic rings. The molecule has 0 aromatic carbocycles. The molecule has 0 unspecified atom stereocenters. The van der Waals surface area contributed by atoms with Gasteiger partial charge in [-0.15, -0.1) is 10.2 Å². The molecule has 0 saturated heterocycles. The van der Waals surface area contributed by atoms with Crippen molar-refractivity contribution in [1.82, 2.24) is 20.2 Å². The Morgan fingerprint density at radius 2 is 2.42 bits per heavy atom. The molecule has 0 aliphatic heterocycles. The van der Waals surface area contributed by atoms with Gasteiger partial charge in [-0.25, -0.2) is 4.98 Å². The average molecular weight is 263 g/mol. The van der Waals surface area contributed by atoms with Crippen molar-refractivity contribution in [3.05, 3.63) is 16.3 Å². The van der Waals surface area contributed by atoms with Crippen molar-refractivity contribution in [2.45, 2.75) is 9.50 Å². The van der Waals surface area contributed by atoms with E-state index in [-0.39, 0.29) is 0 Å². The maximum Gasteiger partial charge on any atom is 0.184 e. The largest absolute Gasteiger partial charge is 0.339 e. The van der Waals surface area contributed by atoms with Crippen LogP contribution in [0.4, 0.5) is 0 Å². The second-order valence-corrected chi connectivity index (χ2v) is 5.31. The zero-order valence-electron chi connectivity index (χ0n) is 5.69. The number of nitrogens with zero attached hydrogens (tertiary/aromatic N) is 3. The van der Waals surface area contributed by atoms with Crippen LogP contribution >= 0.6 is 39.0 Å². The predicted molar refractivity (Wildman–Crippen MR) is 50.3 cm³/mol. The second-order valence-electron chi connectivity index (χ2n) is 1.82. The van der Waals surface area contributed by atoms with Crippen LogP contribution in [0.5, 0.6) is 0 Å². The molecule has 2 rings (SSSR count). The molecular weight excluding hydrogens is 260 g/mol. The number of rotatable bonds is 2. The summed E-state index contributed by atoms with van der Waals surface area (Å²) in [5, 5.41) is 8.57. The van der Waals surface area contributed by atoms with Gasteiger partial charge in [0, 0.05) is 12.4 Å². The van der Waals surface area contributed by atoms with E-state index in [1.807, 2.05) is 0 Å². The Labute approximate surface area is 85.0 Å². The summed E-state index contributed by atoms with van der Waals surface area (Å²) >= 11 is 6.18. The van der Waals surface area contributed by atoms with Gasteiger partial charge in [0.2, 0.25) is 0 Å². The number of imidazole rings is 1. The first kappa shape index (κ1) is 8.21. The molecule has 0 bridgehead atoms. The van der Waals surface area contributed by atoms with Crippen molar-refractivity contribution >= 4 is 39.0 Å². The number of hydrogen-bond donors (Lipinski definition) is 1. The Kier molecular flexibility index (Phi) is 2.43. The van der Waals surface area contributed by atoms with Gasteiger partial charge in [-0.05, 0) is 27.7 Å². The lowest BCUT2D eigenvalue weighted by molar-refractivity contribution is 0.985. The van der Waals surface area contributed by atoms with E-state index in [4.69, 9.17) is 0 Å². The molecule has 2 aromatic heterocycles. The van der Waals surface area contributed by atoms with E-state index in [0.29, 0.717) is 0 Å². The van der Waals surface area contributed by atoms with Crippen molar-refractivity contribution < 1.29 is 0 Å². The molecule has 0 radical (unpaired) electrons. The molecule has 4 nitrogen and oxygen atoms in total. The highest BCUT2D eigenvalue weighted by atomic mass is 79.9. The van der Waals surface area contributed by atoms with E-state index in [1.54, 1.807) is 12.4 Å². The fourth-order valence-electron chi connectivity index (χ4n) is 0.624. The predicted octanol–water partition coefficient (Wildman–Crippen LogP) is 2.17. The first-order valence-corrected chi connectivity index (χ1v) is 5.43. The number of aromatic amines is 1. The standard InChI is InChI=1S/C5H3BrN4S2/c6-3-9-10-5(11-3)12-4-7-1-2-8-4/h1-2H,(H,7,8). The molecule has 7 heteroatoms. The van der Waals surface area contributed by atoms with Gasteiger partial charge in [0.05, 0.1) is 0 Å². The first-order valence-electron chi connectivity index (χ1n) is 3.01. The molecule has 0 spiro atoms. The van der Waals surface area contributed by atoms with Gasteiger partial charge in [0.1, 0.15) is 0 Å². The van der Waals surface area contributed by atoms with Crippen LogP contribution in [-0.4, -0.2) is 20.2 Å². The van der Waals surface area contributed by atoms with Crippen molar-refractivity contribution in [2.75, 3.05) is 0 Å². The summed E-state index contributed by atoms with van der Waals surface area (Å²) in [6, 6.07) is 0. The first-order chi connectivity index (χ1) is 5.84. The van der Waals surface area contributed by atoms with E-state index >= 15 is 0 Å². The third kappa shape index (κ3) is 1.85. The van der Waals surface area contributed by atoms with E-state index < -0.39 is 0 Å². The SMILES string of the molecule is Brc1nnc(Sc2ncc[nH]2)s1. The second kappa shape index (κ2) is 3.55. The fourth-order valence-corrected chi connectivity index (χ4v) is 2.92. The summed E-state index contributed by atoms with van der Waals surface area (Å²) in [5.74, 6) is 0. The zero-order chi connectivity index (χ0) is 8.39. The summed E-state index contributed by atoms with van der Waals surface area (Å²) in [5.41, 5.74) is 0. The zero-order valence-corrected chi connectivity index (χ0v) is 8.91. The molecule has 0 aliphatic carbocycles. The monoisotopic (exact) mass is 262 g/mol. The molecule has 0 fully saturated rings. The maximum absolute atomic E-state index is 4.05. The summed E-state index contributed by atoms with van der Waals surface area (Å²) in [6.45, 7) is 0. The normalized spacial score (nSPS) is 10.4. The Balaban J connectivity index is 2.14. The highest BCUT2D eigenvalue weighted by molar-refractivity contribution is 9.11. The van der Waals surface area contributed by atoms with Crippen LogP contribution in [0.25, 0.3) is 0 Å². The lowest BCUT2D eigenvalue weighted by atomic mass is 11.0. The molecule has 2 heterocycles. The van der Waals surface area contributed by atoms with Gasteiger partial charge in [-0.3, -0.25) is 0 Å². The number of halogens is 1. The van der Waals surface area contributed by atoms with E-state index in [9.17, 15) is 0 Å². The minimum atomic E-state index is 0.788. The third-order valence-electron chi connectivity index (χ3n) is 1.04. The van der Waals surface area contributed by atoms with Gasteiger partial charge in [-0.1, -0.05) is 11.3 Å². The molecule has 12 heavy (non-hydrogen) atoms. The Bertz CT molecular complexity index is 357. The van der Waals surface area contributed by atoms with Crippen LogP contribution in [0.2, 0.25) is 0 Å². The smallest absolute Gasteiger partial charge is 0.184 e. The summed E-state index contributed by atoms with van der Waals surface area (Å²) in [7, 11) is 0. The summed E-state index contributed by atoms with van der Waals surface area (Å²) in [6.07, 6.45) is 3.48. The Hall–Kier alpha value is -0.400. The van der Waals surface area contributed by atoms with Crippen LogP contribution in [0.15, 0.2) is 25.8 Å². The van der Waals surface area contributed by atoms with Crippen molar-refractivity contribution in [3.63, 3.8) is 0 Å². The van der Waals surface area contributed by atoms with Gasteiger partial charge < -0.3 is 4.98 Å². The Morgan fingerprint density at radius 3 is 3.00 bits per heavy atom. The lowest BCUT2D eigenvalue weighted by Crippen LogP contribution is -1.74. The molecule has 62 valence electrons. The van der Waals surface area contributed by atoms with Gasteiger partial charge in [-0.2, -0.15) is 0 Å². The minimum absolute atomic E-state index is 0.788. The topological polar surface area (TPSA) is 54.5 Å². The van der Waals surface area contributed by atoms with Gasteiger partial charge >= 0.3 is 0 Å². The van der Waals surface area contributed by atoms with E-state index in [2.05, 4.69) is 36.1 Å². The summed E-state index contributed by atoms with van der Waals surface area (Å²) in [4.78, 5) is 7.02. The highest BCUT2D eigenvalue weighted by Gasteiger charge is 2.04. The fraction of sp³-hybridized carbons (Fsp3) is 0. The Morgan fingerprint density at radius 1 is 1.50 bits per heavy atom. The van der Waals surface area contributed by atoms with Crippen molar-refractivity contribution in [2.24, 2.45) is 0 Å². The maximum atomic E-state index is 4.05. The number of H-pyrrole nitrogens is 1. The van der Waals surface area contributed by atoms with Crippen molar-refractivity contribution in [3.8, 4) is 0 Å². The molecule has 0 amide bonds. The minimum Gasteiger partial charge on any atom is -0.339 e. The van der Waals surface area contributed by atoms with Crippen LogP contribution < -0.4 is 0 Å². The van der Waals surface area contributed by atoms with Crippen LogP contribution in [0, 0.1) is 0 Å². The van der Waals surface area contributed by atoms with Crippen LogP contribution in [-0.2, 0) is 0 Å². The molecule has 0 atom stereocenters. The summed E-state index contributed by atoms with van der Waals surface area (Å²) < 4.78 is 1.66. The van der Waals surface area contributed by atoms with Gasteiger partial charge in [0.15, 0.2) is 13.4 Å². The van der Waals surface area contributed by atoms with E-state index in [1.165, 1.54) is 23.1 Å². The van der Waals surface area contributed by atoms with Crippen LogP contribution in [0.3, 0.4) is 0 Å². The third-order valence-corrected chi connectivity index (χ3v) is 3.36. The van der Waals surface area contributed by atoms with Crippen molar-refractivity contribution in [1.29, 1.82) is 0 Å². The average Bonchev–Trinajstić information content (AvgIpc) is 2.63. The highest BCUT2D eigenvalue weighted by Crippen LogP contribution is 2.29. The molecular formula is C5H3BrN4S2. The number of aromatic nitrogens is 4. The number of nitrogens with one attached hydrogen (secondary N) is 1. The quantitative estimate of drug-likeness (QED) is 0.902. The molecule has 1 N–H and O–H groups in total.